The van der Waals surface area contributed by atoms with E-state index in [1.165, 1.54) is 0 Å². The summed E-state index contributed by atoms with van der Waals surface area (Å²) in [5, 5.41) is 4.26. The molecule has 0 amide bonds. The molecule has 114 valence electrons. The third-order valence-corrected chi connectivity index (χ3v) is 2.24. The minimum absolute atomic E-state index is 0. The summed E-state index contributed by atoms with van der Waals surface area (Å²) in [6.45, 7) is 13.1. The second kappa shape index (κ2) is 17.4. The molecule has 4 N–H and O–H groups in total. The van der Waals surface area contributed by atoms with Crippen LogP contribution in [0.4, 0.5) is 0 Å². The van der Waals surface area contributed by atoms with Gasteiger partial charge in [-0.1, -0.05) is 48.0 Å². The Kier molecular flexibility index (Phi) is 22.1. The van der Waals surface area contributed by atoms with Gasteiger partial charge in [0, 0.05) is 12.5 Å². The van der Waals surface area contributed by atoms with Crippen molar-refractivity contribution in [3.8, 4) is 0 Å². The summed E-state index contributed by atoms with van der Waals surface area (Å²) < 4.78 is 0. The molecule has 0 aromatic rings. The summed E-state index contributed by atoms with van der Waals surface area (Å²) in [5.41, 5.74) is 11.3. The Balaban J connectivity index is -0.000000916. The van der Waals surface area contributed by atoms with Gasteiger partial charge >= 0.3 is 51.4 Å². The Bertz CT molecular complexity index is 264. The monoisotopic (exact) mass is 309 g/mol. The van der Waals surface area contributed by atoms with Crippen molar-refractivity contribution in [2.24, 2.45) is 27.4 Å². The quantitative estimate of drug-likeness (QED) is 0.418. The molecular weight excluding hydrogens is 277 g/mol. The van der Waals surface area contributed by atoms with Crippen molar-refractivity contribution in [2.75, 3.05) is 6.54 Å². The number of nitrogens with zero attached hydrogens (tertiary/aromatic N) is 3. The van der Waals surface area contributed by atoms with Crippen LogP contribution in [0.2, 0.25) is 0 Å². The smallest absolute Gasteiger partial charge is 0.453 e. The molecule has 0 aliphatic carbocycles. The van der Waals surface area contributed by atoms with Crippen LogP contribution in [0.25, 0.3) is 5.32 Å². The summed E-state index contributed by atoms with van der Waals surface area (Å²) in [6, 6.07) is 0.181. The van der Waals surface area contributed by atoms with Crippen LogP contribution >= 0.6 is 0 Å². The van der Waals surface area contributed by atoms with Crippen molar-refractivity contribution in [3.63, 3.8) is 0 Å². The third-order valence-electron chi connectivity index (χ3n) is 2.24. The van der Waals surface area contributed by atoms with Crippen molar-refractivity contribution in [1.29, 1.82) is 0 Å². The molecule has 0 aromatic heterocycles. The summed E-state index contributed by atoms with van der Waals surface area (Å²) in [4.78, 5) is 7.97. The first-order valence-electron chi connectivity index (χ1n) is 7.30. The zero-order valence-corrected chi connectivity index (χ0v) is 17.6. The molecular formula is C14H32KN5. The third kappa shape index (κ3) is 18.4. The number of hydrogen-bond acceptors (Lipinski definition) is 1. The first-order valence-corrected chi connectivity index (χ1v) is 7.30. The second-order valence-electron chi connectivity index (χ2n) is 4.66. The predicted octanol–water partition coefficient (Wildman–Crippen LogP) is 0.254. The van der Waals surface area contributed by atoms with Crippen molar-refractivity contribution in [3.05, 3.63) is 5.32 Å². The zero-order valence-electron chi connectivity index (χ0n) is 14.5. The minimum Gasteiger partial charge on any atom is -0.453 e. The Morgan fingerprint density at radius 1 is 1.10 bits per heavy atom. The molecule has 0 radical (unpaired) electrons. The molecule has 0 aliphatic heterocycles. The SMILES string of the molecule is CC.CCCN=C(N)/N=C(\N)[N-]C(C)CCC(C)C.[K+]. The molecule has 0 saturated carbocycles. The summed E-state index contributed by atoms with van der Waals surface area (Å²) >= 11 is 0. The molecule has 0 aliphatic rings. The van der Waals surface area contributed by atoms with Crippen molar-refractivity contribution in [2.45, 2.75) is 66.8 Å². The Morgan fingerprint density at radius 3 is 2.10 bits per heavy atom. The summed E-state index contributed by atoms with van der Waals surface area (Å²) in [6.07, 6.45) is 3.09. The van der Waals surface area contributed by atoms with Crippen molar-refractivity contribution >= 4 is 11.9 Å². The van der Waals surface area contributed by atoms with Gasteiger partial charge in [0.2, 0.25) is 0 Å². The summed E-state index contributed by atoms with van der Waals surface area (Å²) in [5.74, 6) is 1.12. The van der Waals surface area contributed by atoms with E-state index < -0.39 is 0 Å². The Hall–Kier alpha value is 0.376. The van der Waals surface area contributed by atoms with Gasteiger partial charge in [0.15, 0.2) is 0 Å². The van der Waals surface area contributed by atoms with Crippen LogP contribution in [0.1, 0.15) is 60.8 Å². The topological polar surface area (TPSA) is 90.9 Å². The van der Waals surface area contributed by atoms with Crippen LogP contribution in [0.5, 0.6) is 0 Å². The maximum absolute atomic E-state index is 5.68. The van der Waals surface area contributed by atoms with Gasteiger partial charge in [-0.15, -0.1) is 0 Å². The maximum atomic E-state index is 5.68. The molecule has 5 nitrogen and oxygen atoms in total. The van der Waals surface area contributed by atoms with E-state index in [9.17, 15) is 0 Å². The Labute approximate surface area is 167 Å². The number of nitrogens with two attached hydrogens (primary N) is 2. The first kappa shape index (κ1) is 25.3. The van der Waals surface area contributed by atoms with E-state index in [0.717, 1.165) is 19.3 Å². The fourth-order valence-electron chi connectivity index (χ4n) is 1.27. The van der Waals surface area contributed by atoms with Crippen LogP contribution in [-0.2, 0) is 0 Å². The largest absolute Gasteiger partial charge is 1.00 e. The Morgan fingerprint density at radius 2 is 1.65 bits per heavy atom. The van der Waals surface area contributed by atoms with Gasteiger partial charge in [-0.05, 0) is 24.8 Å². The molecule has 0 bridgehead atoms. The molecule has 0 spiro atoms. The van der Waals surface area contributed by atoms with E-state index in [4.69, 9.17) is 11.5 Å². The van der Waals surface area contributed by atoms with E-state index in [1.807, 2.05) is 27.7 Å². The van der Waals surface area contributed by atoms with Crippen LogP contribution in [0, 0.1) is 5.92 Å². The average Bonchev–Trinajstić information content (AvgIpc) is 2.36. The van der Waals surface area contributed by atoms with Gasteiger partial charge in [-0.3, -0.25) is 4.99 Å². The molecule has 1 unspecified atom stereocenters. The van der Waals surface area contributed by atoms with Gasteiger partial charge in [-0.25, -0.2) is 0 Å². The molecule has 0 fully saturated rings. The van der Waals surface area contributed by atoms with E-state index in [-0.39, 0.29) is 69.3 Å². The van der Waals surface area contributed by atoms with Crippen molar-refractivity contribution in [1.82, 2.24) is 0 Å². The van der Waals surface area contributed by atoms with Gasteiger partial charge in [0.1, 0.15) is 5.96 Å². The fourth-order valence-corrected chi connectivity index (χ4v) is 1.27. The molecule has 1 atom stereocenters. The summed E-state index contributed by atoms with van der Waals surface area (Å²) in [7, 11) is 0. The molecule has 20 heavy (non-hydrogen) atoms. The molecule has 0 saturated heterocycles. The van der Waals surface area contributed by atoms with E-state index in [2.05, 4.69) is 29.1 Å². The van der Waals surface area contributed by atoms with Gasteiger partial charge in [0.25, 0.3) is 0 Å². The number of aliphatic imine (C=N–C) groups is 2. The number of guanidine groups is 2. The molecule has 0 heterocycles. The van der Waals surface area contributed by atoms with Crippen molar-refractivity contribution < 1.29 is 51.4 Å². The maximum Gasteiger partial charge on any atom is 1.00 e. The normalized spacial score (nSPS) is 13.2. The first-order chi connectivity index (χ1) is 8.95. The minimum atomic E-state index is 0. The van der Waals surface area contributed by atoms with E-state index >= 15 is 0 Å². The van der Waals surface area contributed by atoms with Crippen LogP contribution in [0.15, 0.2) is 9.98 Å². The number of rotatable bonds is 6. The molecule has 6 heteroatoms. The van der Waals surface area contributed by atoms with Gasteiger partial charge in [-0.2, -0.15) is 0 Å². The van der Waals surface area contributed by atoms with Gasteiger partial charge in [0.05, 0.1) is 0 Å². The van der Waals surface area contributed by atoms with Gasteiger partial charge < -0.3 is 21.8 Å². The standard InChI is InChI=1S/C12H26N5.C2H6.K/c1-5-8-15-11(13)17-12(14)16-10(4)7-6-9(2)3;1-2;/h9-10H,5-8H2,1-4H3,(H4-,13,14,15,16,17);1-2H3;/q-1;;+1. The van der Waals surface area contributed by atoms with Crippen LogP contribution in [-0.4, -0.2) is 24.5 Å². The van der Waals surface area contributed by atoms with Crippen LogP contribution < -0.4 is 62.9 Å². The second-order valence-corrected chi connectivity index (χ2v) is 4.66. The fraction of sp³-hybridized carbons (Fsp3) is 0.857. The molecule has 0 rings (SSSR count). The predicted molar refractivity (Wildman–Crippen MR) is 86.6 cm³/mol. The average molecular weight is 310 g/mol. The molecule has 0 aromatic carbocycles. The van der Waals surface area contributed by atoms with E-state index in [1.54, 1.807) is 0 Å². The van der Waals surface area contributed by atoms with E-state index in [0.29, 0.717) is 12.5 Å². The zero-order chi connectivity index (χ0) is 15.3. The van der Waals surface area contributed by atoms with Crippen LogP contribution in [0.3, 0.4) is 0 Å². The number of hydrogen-bond donors (Lipinski definition) is 2.